The number of aryl methyl sites for hydroxylation is 1. The number of benzene rings is 1. The molecule has 0 bridgehead atoms. The molecule has 1 aliphatic carbocycles. The van der Waals surface area contributed by atoms with Crippen LogP contribution in [-0.4, -0.2) is 23.1 Å². The number of hydrogen-bond acceptors (Lipinski definition) is 6. The summed E-state index contributed by atoms with van der Waals surface area (Å²) in [6, 6.07) is 4.82. The second-order valence-electron chi connectivity index (χ2n) is 6.34. The highest BCUT2D eigenvalue weighted by atomic mass is 32.2. The molecule has 4 N–H and O–H groups in total. The smallest absolute Gasteiger partial charge is 0.369 e. The fourth-order valence-corrected chi connectivity index (χ4v) is 4.12. The van der Waals surface area contributed by atoms with Crippen molar-refractivity contribution in [2.45, 2.75) is 55.1 Å². The number of nitrogens with zero attached hydrogens (tertiary/aromatic N) is 3. The number of thioether (sulfide) groups is 1. The van der Waals surface area contributed by atoms with Gasteiger partial charge in [-0.3, -0.25) is 4.90 Å². The van der Waals surface area contributed by atoms with Crippen LogP contribution in [0.4, 0.5) is 18.9 Å². The largest absolute Gasteiger partial charge is 0.446 e. The molecule has 1 aromatic rings. The minimum absolute atomic E-state index is 0.0772. The van der Waals surface area contributed by atoms with Gasteiger partial charge in [0, 0.05) is 4.90 Å². The van der Waals surface area contributed by atoms with Crippen molar-refractivity contribution in [1.29, 1.82) is 0 Å². The van der Waals surface area contributed by atoms with Gasteiger partial charge in [-0.1, -0.05) is 12.5 Å². The number of alkyl halides is 3. The molecular formula is C16H20F3N5S. The van der Waals surface area contributed by atoms with Gasteiger partial charge in [-0.25, -0.2) is 4.99 Å². The number of nitrogens with two attached hydrogens (primary N) is 2. The lowest BCUT2D eigenvalue weighted by atomic mass is 9.87. The van der Waals surface area contributed by atoms with E-state index in [9.17, 15) is 13.2 Å². The molecule has 1 heterocycles. The molecule has 9 heteroatoms. The number of aliphatic imine (C=N–C) groups is 2. The summed E-state index contributed by atoms with van der Waals surface area (Å²) in [4.78, 5) is 10.2. The van der Waals surface area contributed by atoms with E-state index in [0.717, 1.165) is 24.8 Å². The minimum Gasteiger partial charge on any atom is -0.369 e. The topological polar surface area (TPSA) is 80.0 Å². The summed E-state index contributed by atoms with van der Waals surface area (Å²) in [6.07, 6.45) is 4.23. The summed E-state index contributed by atoms with van der Waals surface area (Å²) in [5, 5.41) is 0. The molecule has 0 atom stereocenters. The number of halogens is 3. The molecule has 0 radical (unpaired) electrons. The maximum atomic E-state index is 13.0. The van der Waals surface area contributed by atoms with E-state index in [0.29, 0.717) is 18.5 Å². The molecule has 0 aromatic heterocycles. The van der Waals surface area contributed by atoms with E-state index >= 15 is 0 Å². The summed E-state index contributed by atoms with van der Waals surface area (Å²) < 4.78 is 39.1. The first-order chi connectivity index (χ1) is 11.7. The Labute approximate surface area is 148 Å². The van der Waals surface area contributed by atoms with Crippen LogP contribution in [0.3, 0.4) is 0 Å². The lowest BCUT2D eigenvalue weighted by molar-refractivity contribution is -0.0328. The van der Waals surface area contributed by atoms with Crippen molar-refractivity contribution in [3.05, 3.63) is 23.8 Å². The van der Waals surface area contributed by atoms with Crippen molar-refractivity contribution in [2.75, 3.05) is 4.90 Å². The Hall–Kier alpha value is -1.90. The van der Waals surface area contributed by atoms with Gasteiger partial charge >= 0.3 is 5.51 Å². The Morgan fingerprint density at radius 3 is 2.48 bits per heavy atom. The fraction of sp³-hybridized carbons (Fsp3) is 0.500. The van der Waals surface area contributed by atoms with Crippen LogP contribution < -0.4 is 16.4 Å². The first-order valence-electron chi connectivity index (χ1n) is 8.06. The van der Waals surface area contributed by atoms with E-state index in [1.165, 1.54) is 6.07 Å². The number of hydrogen-bond donors (Lipinski definition) is 2. The van der Waals surface area contributed by atoms with Crippen LogP contribution in [0.15, 0.2) is 33.1 Å². The highest BCUT2D eigenvalue weighted by Crippen LogP contribution is 2.46. The van der Waals surface area contributed by atoms with Crippen molar-refractivity contribution in [2.24, 2.45) is 21.5 Å². The molecule has 136 valence electrons. The van der Waals surface area contributed by atoms with Gasteiger partial charge in [0.15, 0.2) is 0 Å². The zero-order valence-electron chi connectivity index (χ0n) is 13.8. The average Bonchev–Trinajstić information content (AvgIpc) is 2.48. The Bertz CT molecular complexity index is 723. The Morgan fingerprint density at radius 1 is 1.16 bits per heavy atom. The molecule has 1 aliphatic heterocycles. The Morgan fingerprint density at radius 2 is 1.84 bits per heavy atom. The monoisotopic (exact) mass is 371 g/mol. The standard InChI is InChI=1S/C16H20F3N5S/c1-10-5-6-12(25-16(17,18)19)11(9-10)24-14(21)22-13(20)23-15(24)7-3-2-4-8-15/h5-6,9H,2-4,7-8H2,1H3,(H4,20,21,22,23). The fourth-order valence-electron chi connectivity index (χ4n) is 3.48. The first-order valence-corrected chi connectivity index (χ1v) is 8.88. The predicted molar refractivity (Wildman–Crippen MR) is 94.6 cm³/mol. The normalized spacial score (nSPS) is 20.4. The Kier molecular flexibility index (Phi) is 4.61. The zero-order chi connectivity index (χ0) is 18.2. The maximum absolute atomic E-state index is 13.0. The summed E-state index contributed by atoms with van der Waals surface area (Å²) in [6.45, 7) is 1.83. The number of anilines is 1. The van der Waals surface area contributed by atoms with Gasteiger partial charge in [-0.2, -0.15) is 18.2 Å². The van der Waals surface area contributed by atoms with Gasteiger partial charge in [0.1, 0.15) is 5.66 Å². The molecule has 1 aromatic carbocycles. The van der Waals surface area contributed by atoms with Crippen LogP contribution in [0.2, 0.25) is 0 Å². The molecule has 1 fully saturated rings. The average molecular weight is 371 g/mol. The third-order valence-corrected chi connectivity index (χ3v) is 5.23. The molecule has 1 spiro atoms. The SMILES string of the molecule is Cc1ccc(SC(F)(F)F)c(N2C(N)=NC(N)=NC23CCCCC3)c1. The van der Waals surface area contributed by atoms with E-state index < -0.39 is 11.2 Å². The number of rotatable bonds is 2. The quantitative estimate of drug-likeness (QED) is 0.777. The van der Waals surface area contributed by atoms with Crippen molar-refractivity contribution >= 4 is 29.4 Å². The minimum atomic E-state index is -4.40. The Balaban J connectivity index is 2.12. The zero-order valence-corrected chi connectivity index (χ0v) is 14.6. The van der Waals surface area contributed by atoms with Crippen LogP contribution in [0.1, 0.15) is 37.7 Å². The molecule has 2 aliphatic rings. The first kappa shape index (κ1) is 17.9. The molecule has 1 saturated carbocycles. The highest BCUT2D eigenvalue weighted by Gasteiger charge is 2.44. The van der Waals surface area contributed by atoms with Crippen LogP contribution in [0.25, 0.3) is 0 Å². The van der Waals surface area contributed by atoms with E-state index in [1.54, 1.807) is 17.0 Å². The van der Waals surface area contributed by atoms with E-state index in [-0.39, 0.29) is 28.6 Å². The van der Waals surface area contributed by atoms with E-state index in [4.69, 9.17) is 11.5 Å². The molecule has 0 unspecified atom stereocenters. The van der Waals surface area contributed by atoms with Gasteiger partial charge in [0.2, 0.25) is 11.9 Å². The van der Waals surface area contributed by atoms with Crippen LogP contribution in [0.5, 0.6) is 0 Å². The van der Waals surface area contributed by atoms with Gasteiger partial charge < -0.3 is 11.5 Å². The molecule has 3 rings (SSSR count). The van der Waals surface area contributed by atoms with Crippen molar-refractivity contribution < 1.29 is 13.2 Å². The highest BCUT2D eigenvalue weighted by molar-refractivity contribution is 8.00. The summed E-state index contributed by atoms with van der Waals surface area (Å²) in [5.74, 6) is 0.164. The van der Waals surface area contributed by atoms with Gasteiger partial charge in [0.25, 0.3) is 0 Å². The lowest BCUT2D eigenvalue weighted by Crippen LogP contribution is -2.58. The summed E-state index contributed by atoms with van der Waals surface area (Å²) >= 11 is -0.152. The summed E-state index contributed by atoms with van der Waals surface area (Å²) in [5.41, 5.74) is 7.98. The number of guanidine groups is 2. The maximum Gasteiger partial charge on any atom is 0.446 e. The predicted octanol–water partition coefficient (Wildman–Crippen LogP) is 3.72. The van der Waals surface area contributed by atoms with E-state index in [1.807, 2.05) is 6.92 Å². The second kappa shape index (κ2) is 6.44. The van der Waals surface area contributed by atoms with Crippen molar-refractivity contribution in [3.8, 4) is 0 Å². The third-order valence-electron chi connectivity index (χ3n) is 4.43. The van der Waals surface area contributed by atoms with E-state index in [2.05, 4.69) is 9.98 Å². The van der Waals surface area contributed by atoms with Gasteiger partial charge in [-0.05, 0) is 62.1 Å². The lowest BCUT2D eigenvalue weighted by Gasteiger charge is -2.46. The molecule has 0 saturated heterocycles. The molecule has 0 amide bonds. The van der Waals surface area contributed by atoms with Crippen molar-refractivity contribution in [1.82, 2.24) is 0 Å². The van der Waals surface area contributed by atoms with Gasteiger partial charge in [0.05, 0.1) is 5.69 Å². The van der Waals surface area contributed by atoms with Crippen LogP contribution >= 0.6 is 11.8 Å². The second-order valence-corrected chi connectivity index (χ2v) is 7.44. The molecular weight excluding hydrogens is 351 g/mol. The van der Waals surface area contributed by atoms with Gasteiger partial charge in [-0.15, -0.1) is 0 Å². The van der Waals surface area contributed by atoms with Crippen molar-refractivity contribution in [3.63, 3.8) is 0 Å². The summed E-state index contributed by atoms with van der Waals surface area (Å²) in [7, 11) is 0. The third kappa shape index (κ3) is 3.70. The molecule has 25 heavy (non-hydrogen) atoms. The van der Waals surface area contributed by atoms with Crippen LogP contribution in [0, 0.1) is 6.92 Å². The molecule has 5 nitrogen and oxygen atoms in total. The van der Waals surface area contributed by atoms with Crippen LogP contribution in [-0.2, 0) is 0 Å².